The zero-order valence-corrected chi connectivity index (χ0v) is 20.3. The zero-order valence-electron chi connectivity index (χ0n) is 20.3. The van der Waals surface area contributed by atoms with Gasteiger partial charge in [-0.25, -0.2) is 4.98 Å². The molecule has 0 saturated carbocycles. The highest BCUT2D eigenvalue weighted by molar-refractivity contribution is 5.42. The van der Waals surface area contributed by atoms with E-state index < -0.39 is 0 Å². The van der Waals surface area contributed by atoms with Gasteiger partial charge < -0.3 is 10.2 Å². The van der Waals surface area contributed by atoms with Crippen molar-refractivity contribution >= 4 is 11.5 Å². The number of nitrogens with one attached hydrogen (secondary N) is 1. The molecule has 35 heavy (non-hydrogen) atoms. The number of anilines is 1. The van der Waals surface area contributed by atoms with Gasteiger partial charge in [-0.3, -0.25) is 4.90 Å². The Labute approximate surface area is 207 Å². The molecule has 7 nitrogen and oxygen atoms in total. The van der Waals surface area contributed by atoms with E-state index in [0.29, 0.717) is 6.04 Å². The van der Waals surface area contributed by atoms with E-state index >= 15 is 0 Å². The van der Waals surface area contributed by atoms with Crippen molar-refractivity contribution in [3.05, 3.63) is 90.3 Å². The fourth-order valence-corrected chi connectivity index (χ4v) is 4.97. The van der Waals surface area contributed by atoms with Gasteiger partial charge in [0.15, 0.2) is 5.65 Å². The molecule has 1 fully saturated rings. The Bertz CT molecular complexity index is 1110. The molecular formula is C28H35N7. The maximum atomic E-state index is 4.41. The number of benzene rings is 2. The van der Waals surface area contributed by atoms with E-state index in [1.807, 2.05) is 12.1 Å². The molecule has 0 spiro atoms. The van der Waals surface area contributed by atoms with Crippen LogP contribution in [0.25, 0.3) is 5.65 Å². The van der Waals surface area contributed by atoms with Gasteiger partial charge in [0.05, 0.1) is 6.04 Å². The minimum atomic E-state index is 0.340. The van der Waals surface area contributed by atoms with Crippen LogP contribution < -0.4 is 5.32 Å². The quantitative estimate of drug-likeness (QED) is 0.326. The van der Waals surface area contributed by atoms with Crippen molar-refractivity contribution in [2.24, 2.45) is 0 Å². The second-order valence-corrected chi connectivity index (χ2v) is 9.27. The first-order chi connectivity index (χ1) is 17.4. The molecule has 4 aromatic rings. The fourth-order valence-electron chi connectivity index (χ4n) is 4.97. The van der Waals surface area contributed by atoms with Gasteiger partial charge in [-0.1, -0.05) is 73.5 Å². The molecule has 0 amide bonds. The molecular weight excluding hydrogens is 434 g/mol. The maximum absolute atomic E-state index is 4.41. The molecule has 0 unspecified atom stereocenters. The van der Waals surface area contributed by atoms with Gasteiger partial charge in [-0.05, 0) is 42.6 Å². The molecule has 5 rings (SSSR count). The minimum Gasteiger partial charge on any atom is -0.369 e. The Hall–Kier alpha value is -3.29. The van der Waals surface area contributed by atoms with E-state index in [4.69, 9.17) is 0 Å². The largest absolute Gasteiger partial charge is 0.369 e. The number of hydrogen-bond donors (Lipinski definition) is 1. The van der Waals surface area contributed by atoms with Crippen LogP contribution >= 0.6 is 0 Å². The van der Waals surface area contributed by atoms with Crippen LogP contribution in [0, 0.1) is 0 Å². The topological polar surface area (TPSA) is 61.6 Å². The summed E-state index contributed by atoms with van der Waals surface area (Å²) in [6, 6.07) is 26.1. The van der Waals surface area contributed by atoms with Crippen LogP contribution in [-0.2, 0) is 0 Å². The third kappa shape index (κ3) is 6.24. The van der Waals surface area contributed by atoms with Crippen molar-refractivity contribution in [3.63, 3.8) is 0 Å². The van der Waals surface area contributed by atoms with Crippen molar-refractivity contribution in [1.82, 2.24) is 29.6 Å². The van der Waals surface area contributed by atoms with Gasteiger partial charge in [0.25, 0.3) is 0 Å². The van der Waals surface area contributed by atoms with E-state index in [-0.39, 0.29) is 0 Å². The second-order valence-electron chi connectivity index (χ2n) is 9.27. The van der Waals surface area contributed by atoms with Crippen molar-refractivity contribution < 1.29 is 0 Å². The second kappa shape index (κ2) is 11.9. The number of hydrogen-bond acceptors (Lipinski definition) is 6. The summed E-state index contributed by atoms with van der Waals surface area (Å²) >= 11 is 0. The number of unbranched alkanes of at least 4 members (excludes halogenated alkanes) is 3. The van der Waals surface area contributed by atoms with E-state index in [9.17, 15) is 0 Å². The zero-order chi connectivity index (χ0) is 23.7. The monoisotopic (exact) mass is 469 g/mol. The van der Waals surface area contributed by atoms with Crippen LogP contribution in [0.1, 0.15) is 42.9 Å². The molecule has 3 heterocycles. The molecule has 1 aliphatic heterocycles. The van der Waals surface area contributed by atoms with Crippen LogP contribution in [0.2, 0.25) is 0 Å². The van der Waals surface area contributed by atoms with Gasteiger partial charge >= 0.3 is 0 Å². The molecule has 0 atom stereocenters. The third-order valence-corrected chi connectivity index (χ3v) is 6.86. The molecule has 2 aromatic carbocycles. The minimum absolute atomic E-state index is 0.340. The molecule has 2 aromatic heterocycles. The van der Waals surface area contributed by atoms with Crippen LogP contribution in [0.5, 0.6) is 0 Å². The average Bonchev–Trinajstić information content (AvgIpc) is 3.38. The first-order valence-electron chi connectivity index (χ1n) is 12.8. The van der Waals surface area contributed by atoms with Crippen LogP contribution in [0.4, 0.5) is 5.82 Å². The highest BCUT2D eigenvalue weighted by Crippen LogP contribution is 2.29. The maximum Gasteiger partial charge on any atom is 0.176 e. The summed E-state index contributed by atoms with van der Waals surface area (Å²) in [5, 5.41) is 11.9. The van der Waals surface area contributed by atoms with Crippen LogP contribution in [-0.4, -0.2) is 68.9 Å². The van der Waals surface area contributed by atoms with Gasteiger partial charge in [-0.2, -0.15) is 0 Å². The lowest BCUT2D eigenvalue weighted by atomic mass is 9.96. The normalized spacial score (nSPS) is 15.1. The predicted molar refractivity (Wildman–Crippen MR) is 140 cm³/mol. The lowest BCUT2D eigenvalue weighted by molar-refractivity contribution is 0.108. The van der Waals surface area contributed by atoms with Crippen molar-refractivity contribution in [2.75, 3.05) is 44.6 Å². The smallest absolute Gasteiger partial charge is 0.176 e. The fraction of sp³-hybridized carbons (Fsp3) is 0.393. The highest BCUT2D eigenvalue weighted by Gasteiger charge is 2.26. The molecule has 0 aliphatic carbocycles. The van der Waals surface area contributed by atoms with Gasteiger partial charge in [-0.15, -0.1) is 14.8 Å². The van der Waals surface area contributed by atoms with E-state index in [2.05, 4.69) is 91.0 Å². The molecule has 7 heteroatoms. The van der Waals surface area contributed by atoms with Crippen molar-refractivity contribution in [2.45, 2.75) is 31.7 Å². The van der Waals surface area contributed by atoms with Crippen molar-refractivity contribution in [3.8, 4) is 0 Å². The Balaban J connectivity index is 1.01. The molecule has 1 N–H and O–H groups in total. The summed E-state index contributed by atoms with van der Waals surface area (Å²) in [5.74, 6) is 0.852. The Morgan fingerprint density at radius 3 is 2.14 bits per heavy atom. The Morgan fingerprint density at radius 2 is 1.43 bits per heavy atom. The Morgan fingerprint density at radius 1 is 0.743 bits per heavy atom. The number of rotatable bonds is 11. The van der Waals surface area contributed by atoms with E-state index in [1.54, 1.807) is 4.63 Å². The number of nitrogens with zero attached hydrogens (tertiary/aromatic N) is 6. The summed E-state index contributed by atoms with van der Waals surface area (Å²) in [6.07, 6.45) is 6.46. The number of piperazine rings is 1. The van der Waals surface area contributed by atoms with E-state index in [0.717, 1.165) is 50.6 Å². The third-order valence-electron chi connectivity index (χ3n) is 6.86. The summed E-state index contributed by atoms with van der Waals surface area (Å²) < 4.78 is 1.56. The molecule has 1 aliphatic rings. The first-order valence-corrected chi connectivity index (χ1v) is 12.8. The summed E-state index contributed by atoms with van der Waals surface area (Å²) in [5.41, 5.74) is 3.54. The van der Waals surface area contributed by atoms with E-state index in [1.165, 1.54) is 43.3 Å². The van der Waals surface area contributed by atoms with Crippen LogP contribution in [0.15, 0.2) is 79.1 Å². The number of aromatic nitrogens is 4. The highest BCUT2D eigenvalue weighted by atomic mass is 15.5. The molecule has 1 saturated heterocycles. The first kappa shape index (κ1) is 23.5. The average molecular weight is 470 g/mol. The van der Waals surface area contributed by atoms with Gasteiger partial charge in [0.1, 0.15) is 12.1 Å². The molecule has 182 valence electrons. The predicted octanol–water partition coefficient (Wildman–Crippen LogP) is 4.50. The summed E-state index contributed by atoms with van der Waals surface area (Å²) in [7, 11) is 0. The lowest BCUT2D eigenvalue weighted by Crippen LogP contribution is -2.48. The SMILES string of the molecule is c1ccc(C(c2ccccc2)N2CCN(CCCCCCNc3ccc4ncnn4n3)CC2)cc1. The lowest BCUT2D eigenvalue weighted by Gasteiger charge is -2.39. The standard InChI is InChI=1S/C28H35N7/c1(9-17-29-26-15-16-27-30-23-31-35(27)32-26)2-10-18-33-19-21-34(22-20-33)28(24-11-5-3-6-12-24)25-13-7-4-8-14-25/h3-8,11-16,23,28H,1-2,9-10,17-22H2,(H,29,32). The Kier molecular flexibility index (Phi) is 7.98. The molecule has 0 bridgehead atoms. The summed E-state index contributed by atoms with van der Waals surface area (Å²) in [6.45, 7) is 6.66. The number of fused-ring (bicyclic) bond motifs is 1. The molecule has 0 radical (unpaired) electrons. The summed E-state index contributed by atoms with van der Waals surface area (Å²) in [4.78, 5) is 9.41. The van der Waals surface area contributed by atoms with Crippen molar-refractivity contribution in [1.29, 1.82) is 0 Å². The van der Waals surface area contributed by atoms with Crippen LogP contribution in [0.3, 0.4) is 0 Å². The van der Waals surface area contributed by atoms with Gasteiger partial charge in [0.2, 0.25) is 0 Å². The van der Waals surface area contributed by atoms with Gasteiger partial charge in [0, 0.05) is 32.7 Å².